The standard InChI is InChI=1S/C21H16N4O8/c1-11-24-25-17(31-11)12-2-4-13(5-3-12)32-14-6-8-15(9-7-14)33-21(10-16(26)27)18(28)22-20(30)23-19(21)29/h2-9H,10H2,1H3,(H,26,27)(H2,22,23,28,29,30). The molecular weight excluding hydrogens is 436 g/mol. The SMILES string of the molecule is Cc1nnc(-c2ccc(Oc3ccc(OC4(CC(=O)O)C(=O)NC(=O)NC4=O)cc3)cc2)o1. The minimum atomic E-state index is -2.44. The van der Waals surface area contributed by atoms with Gasteiger partial charge in [-0.05, 0) is 48.5 Å². The van der Waals surface area contributed by atoms with Crippen molar-refractivity contribution >= 4 is 23.8 Å². The molecule has 0 spiro atoms. The number of nitrogens with one attached hydrogen (secondary N) is 2. The first-order valence-corrected chi connectivity index (χ1v) is 9.51. The van der Waals surface area contributed by atoms with Crippen molar-refractivity contribution in [3.8, 4) is 28.7 Å². The summed E-state index contributed by atoms with van der Waals surface area (Å²) in [4.78, 5) is 47.2. The summed E-state index contributed by atoms with van der Waals surface area (Å²) in [7, 11) is 0. The van der Waals surface area contributed by atoms with Crippen molar-refractivity contribution in [2.45, 2.75) is 18.9 Å². The number of aliphatic carboxylic acids is 1. The summed E-state index contributed by atoms with van der Waals surface area (Å²) < 4.78 is 16.6. The van der Waals surface area contributed by atoms with E-state index in [1.165, 1.54) is 24.3 Å². The van der Waals surface area contributed by atoms with Gasteiger partial charge < -0.3 is 19.0 Å². The second kappa shape index (κ2) is 8.42. The van der Waals surface area contributed by atoms with E-state index in [1.807, 2.05) is 10.6 Å². The van der Waals surface area contributed by atoms with E-state index in [9.17, 15) is 19.2 Å². The van der Waals surface area contributed by atoms with E-state index in [0.29, 0.717) is 23.3 Å². The number of imide groups is 2. The zero-order chi connectivity index (χ0) is 23.6. The van der Waals surface area contributed by atoms with Gasteiger partial charge in [-0.2, -0.15) is 0 Å². The van der Waals surface area contributed by atoms with Gasteiger partial charge in [-0.1, -0.05) is 0 Å². The first kappa shape index (κ1) is 21.5. The molecule has 3 N–H and O–H groups in total. The number of carbonyl (C=O) groups excluding carboxylic acids is 3. The van der Waals surface area contributed by atoms with Crippen LogP contribution in [0.5, 0.6) is 17.2 Å². The molecule has 0 unspecified atom stereocenters. The van der Waals surface area contributed by atoms with Gasteiger partial charge >= 0.3 is 12.0 Å². The van der Waals surface area contributed by atoms with Crippen LogP contribution in [-0.4, -0.2) is 44.7 Å². The average molecular weight is 452 g/mol. The number of carboxylic acids is 1. The monoisotopic (exact) mass is 452 g/mol. The molecule has 168 valence electrons. The molecule has 0 atom stereocenters. The Morgan fingerprint density at radius 2 is 1.48 bits per heavy atom. The maximum atomic E-state index is 12.3. The number of carboxylic acid groups (broad SMARTS) is 1. The van der Waals surface area contributed by atoms with E-state index < -0.39 is 35.8 Å². The number of rotatable bonds is 7. The number of aryl methyl sites for hydroxylation is 1. The number of barbiturate groups is 1. The van der Waals surface area contributed by atoms with Gasteiger partial charge in [-0.15, -0.1) is 10.2 Å². The molecule has 0 radical (unpaired) electrons. The molecule has 0 bridgehead atoms. The number of urea groups is 1. The smallest absolute Gasteiger partial charge is 0.328 e. The highest BCUT2D eigenvalue weighted by molar-refractivity contribution is 6.23. The lowest BCUT2D eigenvalue weighted by atomic mass is 9.95. The molecule has 2 aromatic carbocycles. The molecule has 12 nitrogen and oxygen atoms in total. The van der Waals surface area contributed by atoms with Crippen molar-refractivity contribution in [2.24, 2.45) is 0 Å². The molecule has 3 aromatic rings. The van der Waals surface area contributed by atoms with Gasteiger partial charge in [0.2, 0.25) is 11.8 Å². The van der Waals surface area contributed by atoms with Crippen molar-refractivity contribution in [3.05, 3.63) is 54.4 Å². The highest BCUT2D eigenvalue weighted by atomic mass is 16.5. The summed E-state index contributed by atoms with van der Waals surface area (Å²) in [5.74, 6) is -2.04. The van der Waals surface area contributed by atoms with Crippen LogP contribution < -0.4 is 20.1 Å². The fourth-order valence-electron chi connectivity index (χ4n) is 3.04. The van der Waals surface area contributed by atoms with Crippen LogP contribution in [0.15, 0.2) is 52.9 Å². The van der Waals surface area contributed by atoms with Crippen molar-refractivity contribution in [2.75, 3.05) is 0 Å². The Labute approximate surface area is 185 Å². The zero-order valence-electron chi connectivity index (χ0n) is 17.0. The largest absolute Gasteiger partial charge is 0.481 e. The van der Waals surface area contributed by atoms with Crippen molar-refractivity contribution in [1.29, 1.82) is 0 Å². The fraction of sp³-hybridized carbons (Fsp3) is 0.143. The van der Waals surface area contributed by atoms with E-state index in [0.717, 1.165) is 5.56 Å². The molecular formula is C21H16N4O8. The van der Waals surface area contributed by atoms with Crippen LogP contribution in [0, 0.1) is 6.92 Å². The number of carbonyl (C=O) groups is 4. The van der Waals surface area contributed by atoms with Gasteiger partial charge in [0.05, 0.1) is 0 Å². The molecule has 4 amide bonds. The Balaban J connectivity index is 1.48. The first-order chi connectivity index (χ1) is 15.7. The van der Waals surface area contributed by atoms with Gasteiger partial charge in [0, 0.05) is 12.5 Å². The van der Waals surface area contributed by atoms with Crippen LogP contribution in [0.25, 0.3) is 11.5 Å². The molecule has 4 rings (SSSR count). The highest BCUT2D eigenvalue weighted by Crippen LogP contribution is 2.29. The minimum absolute atomic E-state index is 0.0189. The summed E-state index contributed by atoms with van der Waals surface area (Å²) in [6.45, 7) is 1.69. The van der Waals surface area contributed by atoms with E-state index in [2.05, 4.69) is 10.2 Å². The molecule has 1 fully saturated rings. The Hall–Kier alpha value is -4.74. The summed E-state index contributed by atoms with van der Waals surface area (Å²) >= 11 is 0. The third kappa shape index (κ3) is 4.49. The lowest BCUT2D eigenvalue weighted by Crippen LogP contribution is -2.69. The molecule has 0 saturated carbocycles. The quantitative estimate of drug-likeness (QED) is 0.449. The van der Waals surface area contributed by atoms with Gasteiger partial charge in [0.25, 0.3) is 17.4 Å². The van der Waals surface area contributed by atoms with Crippen molar-refractivity contribution in [1.82, 2.24) is 20.8 Å². The van der Waals surface area contributed by atoms with E-state index >= 15 is 0 Å². The number of benzene rings is 2. The lowest BCUT2D eigenvalue weighted by molar-refractivity contribution is -0.159. The minimum Gasteiger partial charge on any atom is -0.481 e. The van der Waals surface area contributed by atoms with Crippen LogP contribution in [0.3, 0.4) is 0 Å². The summed E-state index contributed by atoms with van der Waals surface area (Å²) in [5, 5.41) is 20.6. The Morgan fingerprint density at radius 1 is 0.939 bits per heavy atom. The Kier molecular flexibility index (Phi) is 5.48. The molecule has 1 aromatic heterocycles. The Bertz CT molecular complexity index is 1210. The second-order valence-corrected chi connectivity index (χ2v) is 6.96. The lowest BCUT2D eigenvalue weighted by Gasteiger charge is -2.32. The molecule has 2 heterocycles. The Morgan fingerprint density at radius 3 is 2.00 bits per heavy atom. The summed E-state index contributed by atoms with van der Waals surface area (Å²) in [6.07, 6.45) is -0.984. The number of hydrogen-bond acceptors (Lipinski definition) is 9. The second-order valence-electron chi connectivity index (χ2n) is 6.96. The number of amides is 4. The van der Waals surface area contributed by atoms with E-state index in [4.69, 9.17) is 19.0 Å². The van der Waals surface area contributed by atoms with Crippen LogP contribution in [0.4, 0.5) is 4.79 Å². The molecule has 12 heteroatoms. The average Bonchev–Trinajstić information content (AvgIpc) is 3.20. The predicted octanol–water partition coefficient (Wildman–Crippen LogP) is 1.80. The van der Waals surface area contributed by atoms with Gasteiger partial charge in [0.1, 0.15) is 23.7 Å². The number of ether oxygens (including phenoxy) is 2. The van der Waals surface area contributed by atoms with Crippen molar-refractivity contribution < 1.29 is 38.2 Å². The molecule has 33 heavy (non-hydrogen) atoms. The van der Waals surface area contributed by atoms with Crippen LogP contribution in [-0.2, 0) is 14.4 Å². The zero-order valence-corrected chi connectivity index (χ0v) is 17.0. The van der Waals surface area contributed by atoms with E-state index in [-0.39, 0.29) is 5.75 Å². The molecule has 1 aliphatic rings. The number of hydrogen-bond donors (Lipinski definition) is 3. The van der Waals surface area contributed by atoms with Gasteiger partial charge in [-0.3, -0.25) is 25.0 Å². The predicted molar refractivity (Wildman–Crippen MR) is 108 cm³/mol. The highest BCUT2D eigenvalue weighted by Gasteiger charge is 2.54. The normalized spacial score (nSPS) is 14.9. The maximum absolute atomic E-state index is 12.3. The number of nitrogens with zero attached hydrogens (tertiary/aromatic N) is 2. The topological polar surface area (TPSA) is 170 Å². The van der Waals surface area contributed by atoms with Gasteiger partial charge in [-0.25, -0.2) is 4.79 Å². The molecule has 1 aliphatic heterocycles. The van der Waals surface area contributed by atoms with Crippen LogP contribution >= 0.6 is 0 Å². The molecule has 1 saturated heterocycles. The number of aromatic nitrogens is 2. The summed E-state index contributed by atoms with van der Waals surface area (Å²) in [6, 6.07) is 11.6. The third-order valence-electron chi connectivity index (χ3n) is 4.57. The molecule has 0 aliphatic carbocycles. The third-order valence-corrected chi connectivity index (χ3v) is 4.57. The first-order valence-electron chi connectivity index (χ1n) is 9.51. The maximum Gasteiger partial charge on any atom is 0.328 e. The van der Waals surface area contributed by atoms with Crippen molar-refractivity contribution in [3.63, 3.8) is 0 Å². The summed E-state index contributed by atoms with van der Waals surface area (Å²) in [5.41, 5.74) is -1.72. The van der Waals surface area contributed by atoms with E-state index in [1.54, 1.807) is 31.2 Å². The van der Waals surface area contributed by atoms with Crippen LogP contribution in [0.2, 0.25) is 0 Å². The van der Waals surface area contributed by atoms with Crippen LogP contribution in [0.1, 0.15) is 12.3 Å². The fourth-order valence-corrected chi connectivity index (χ4v) is 3.04. The van der Waals surface area contributed by atoms with Gasteiger partial charge in [0.15, 0.2) is 0 Å².